The number of benzene rings is 2. The van der Waals surface area contributed by atoms with Crippen molar-refractivity contribution in [2.75, 3.05) is 6.26 Å². The molecule has 0 bridgehead atoms. The number of sulfone groups is 1. The molecule has 0 amide bonds. The molecule has 0 heterocycles. The average Bonchev–Trinajstić information content (AvgIpc) is 2.68. The quantitative estimate of drug-likeness (QED) is 0.804. The summed E-state index contributed by atoms with van der Waals surface area (Å²) in [6.07, 6.45) is 0.593. The second kappa shape index (κ2) is 7.19. The van der Waals surface area contributed by atoms with E-state index in [4.69, 9.17) is 0 Å². The smallest absolute Gasteiger partial charge is 0.175 e. The van der Waals surface area contributed by atoms with E-state index in [-0.39, 0.29) is 28.4 Å². The monoisotopic (exact) mass is 417 g/mol. The van der Waals surface area contributed by atoms with Crippen molar-refractivity contribution in [1.82, 2.24) is 0 Å². The topological polar surface area (TPSA) is 78.2 Å². The van der Waals surface area contributed by atoms with Gasteiger partial charge in [-0.3, -0.25) is 0 Å². The Morgan fingerprint density at radius 2 is 1.93 bits per heavy atom. The molecule has 2 aromatic carbocycles. The number of halogens is 2. The van der Waals surface area contributed by atoms with Crippen LogP contribution in [0.15, 0.2) is 29.2 Å². The van der Waals surface area contributed by atoms with Crippen LogP contribution in [0.3, 0.4) is 0 Å². The third-order valence-electron chi connectivity index (χ3n) is 6.07. The molecule has 29 heavy (non-hydrogen) atoms. The minimum atomic E-state index is -3.66. The first-order valence-electron chi connectivity index (χ1n) is 9.62. The molecule has 152 valence electrons. The Hall–Kier alpha value is -2.30. The molecule has 4 rings (SSSR count). The van der Waals surface area contributed by atoms with Crippen molar-refractivity contribution in [3.05, 3.63) is 63.5 Å². The number of nitriles is 1. The maximum absolute atomic E-state index is 14.3. The van der Waals surface area contributed by atoms with Crippen molar-refractivity contribution in [3.8, 4) is 6.07 Å². The molecule has 0 saturated heterocycles. The molecule has 0 spiro atoms. The van der Waals surface area contributed by atoms with Crippen molar-refractivity contribution >= 4 is 9.84 Å². The predicted octanol–water partition coefficient (Wildman–Crippen LogP) is 3.89. The van der Waals surface area contributed by atoms with Crippen LogP contribution >= 0.6 is 0 Å². The SMILES string of the molecule is CS(=O)(=O)c1ccc([C@@H]2CCCc3cc(F)cc(C#N)c32)c2c1[C@H](O)[C@@H](F)CC2. The standard InChI is InChI=1S/C22H21F2NO3S/c1-29(27,28)19-8-6-15(17-5-7-18(24)22(26)21(17)19)16-4-2-3-12-9-14(23)10-13(11-25)20(12)16/h6,8-10,16,18,22,26H,2-5,7H2,1H3/t16-,18-,22+/m0/s1. The average molecular weight is 417 g/mol. The third-order valence-corrected chi connectivity index (χ3v) is 7.23. The maximum atomic E-state index is 14.3. The zero-order valence-electron chi connectivity index (χ0n) is 16.0. The number of hydrogen-bond acceptors (Lipinski definition) is 4. The van der Waals surface area contributed by atoms with Crippen molar-refractivity contribution in [2.24, 2.45) is 0 Å². The van der Waals surface area contributed by atoms with Gasteiger partial charge in [0.25, 0.3) is 0 Å². The lowest BCUT2D eigenvalue weighted by Gasteiger charge is -2.33. The summed E-state index contributed by atoms with van der Waals surface area (Å²) >= 11 is 0. The van der Waals surface area contributed by atoms with Crippen molar-refractivity contribution in [1.29, 1.82) is 5.26 Å². The molecule has 4 nitrogen and oxygen atoms in total. The second-order valence-corrected chi connectivity index (χ2v) is 9.88. The van der Waals surface area contributed by atoms with Gasteiger partial charge in [0.2, 0.25) is 0 Å². The summed E-state index contributed by atoms with van der Waals surface area (Å²) in [7, 11) is -3.66. The molecule has 7 heteroatoms. The van der Waals surface area contributed by atoms with Gasteiger partial charge >= 0.3 is 0 Å². The molecule has 0 fully saturated rings. The van der Waals surface area contributed by atoms with Crippen LogP contribution in [-0.2, 0) is 22.7 Å². The van der Waals surface area contributed by atoms with Crippen LogP contribution in [0.2, 0.25) is 0 Å². The highest BCUT2D eigenvalue weighted by Gasteiger charge is 2.36. The summed E-state index contributed by atoms with van der Waals surface area (Å²) < 4.78 is 52.7. The maximum Gasteiger partial charge on any atom is 0.175 e. The largest absolute Gasteiger partial charge is 0.385 e. The van der Waals surface area contributed by atoms with E-state index in [1.165, 1.54) is 18.2 Å². The number of fused-ring (bicyclic) bond motifs is 2. The van der Waals surface area contributed by atoms with Gasteiger partial charge in [0, 0.05) is 17.7 Å². The lowest BCUT2D eigenvalue weighted by molar-refractivity contribution is 0.0616. The first-order valence-corrected chi connectivity index (χ1v) is 11.5. The molecule has 2 aliphatic carbocycles. The zero-order chi connectivity index (χ0) is 20.9. The minimum Gasteiger partial charge on any atom is -0.385 e. The molecule has 0 aromatic heterocycles. The fourth-order valence-corrected chi connectivity index (χ4v) is 5.83. The van der Waals surface area contributed by atoms with Crippen LogP contribution in [0.25, 0.3) is 0 Å². The molecule has 0 radical (unpaired) electrons. The van der Waals surface area contributed by atoms with Gasteiger partial charge in [-0.2, -0.15) is 5.26 Å². The predicted molar refractivity (Wildman–Crippen MR) is 104 cm³/mol. The van der Waals surface area contributed by atoms with E-state index in [1.54, 1.807) is 6.07 Å². The van der Waals surface area contributed by atoms with E-state index < -0.39 is 27.9 Å². The Morgan fingerprint density at radius 3 is 2.62 bits per heavy atom. The van der Waals surface area contributed by atoms with Crippen LogP contribution in [0, 0.1) is 17.1 Å². The Kier molecular flexibility index (Phi) is 4.96. The fourth-order valence-electron chi connectivity index (χ4n) is 4.87. The summed E-state index contributed by atoms with van der Waals surface area (Å²) in [5.41, 5.74) is 3.37. The molecule has 0 unspecified atom stereocenters. The van der Waals surface area contributed by atoms with Gasteiger partial charge in [-0.25, -0.2) is 17.2 Å². The molecule has 0 aliphatic heterocycles. The normalized spacial score (nSPS) is 23.8. The van der Waals surface area contributed by atoms with E-state index in [0.717, 1.165) is 29.4 Å². The summed E-state index contributed by atoms with van der Waals surface area (Å²) in [6, 6.07) is 7.89. The van der Waals surface area contributed by atoms with E-state index >= 15 is 0 Å². The lowest BCUT2D eigenvalue weighted by Crippen LogP contribution is -2.26. The van der Waals surface area contributed by atoms with Gasteiger partial charge < -0.3 is 5.11 Å². The van der Waals surface area contributed by atoms with E-state index in [9.17, 15) is 27.6 Å². The van der Waals surface area contributed by atoms with Gasteiger partial charge in [0.1, 0.15) is 18.1 Å². The first-order chi connectivity index (χ1) is 13.7. The molecular formula is C22H21F2NO3S. The number of hydrogen-bond donors (Lipinski definition) is 1. The summed E-state index contributed by atoms with van der Waals surface area (Å²) in [4.78, 5) is -0.0539. The Labute approximate surface area is 168 Å². The van der Waals surface area contributed by atoms with Gasteiger partial charge in [-0.05, 0) is 72.6 Å². The highest BCUT2D eigenvalue weighted by Crippen LogP contribution is 2.45. The van der Waals surface area contributed by atoms with Gasteiger partial charge in [0.15, 0.2) is 9.84 Å². The molecule has 1 N–H and O–H groups in total. The number of alkyl halides is 1. The van der Waals surface area contributed by atoms with Crippen LogP contribution in [0.5, 0.6) is 0 Å². The van der Waals surface area contributed by atoms with Crippen LogP contribution in [0.1, 0.15) is 64.7 Å². The Bertz CT molecular complexity index is 1140. The van der Waals surface area contributed by atoms with Crippen molar-refractivity contribution in [3.63, 3.8) is 0 Å². The molecule has 2 aromatic rings. The summed E-state index contributed by atoms with van der Waals surface area (Å²) in [6.45, 7) is 0. The number of aryl methyl sites for hydroxylation is 1. The number of nitrogens with zero attached hydrogens (tertiary/aromatic N) is 1. The van der Waals surface area contributed by atoms with Gasteiger partial charge in [-0.15, -0.1) is 0 Å². The third kappa shape index (κ3) is 3.34. The van der Waals surface area contributed by atoms with E-state index in [1.807, 2.05) is 0 Å². The fraction of sp³-hybridized carbons (Fsp3) is 0.409. The summed E-state index contributed by atoms with van der Waals surface area (Å²) in [5, 5.41) is 20.1. The number of aliphatic hydroxyl groups excluding tert-OH is 1. The number of rotatable bonds is 2. The Balaban J connectivity index is 1.97. The highest BCUT2D eigenvalue weighted by atomic mass is 32.2. The minimum absolute atomic E-state index is 0.0539. The van der Waals surface area contributed by atoms with Gasteiger partial charge in [0.05, 0.1) is 16.5 Å². The molecule has 3 atom stereocenters. The Morgan fingerprint density at radius 1 is 1.17 bits per heavy atom. The van der Waals surface area contributed by atoms with Gasteiger partial charge in [-0.1, -0.05) is 6.07 Å². The van der Waals surface area contributed by atoms with Crippen LogP contribution in [-0.4, -0.2) is 26.0 Å². The van der Waals surface area contributed by atoms with Crippen molar-refractivity contribution in [2.45, 2.75) is 55.2 Å². The van der Waals surface area contributed by atoms with Crippen molar-refractivity contribution < 1.29 is 22.3 Å². The number of aliphatic hydroxyl groups is 1. The first kappa shape index (κ1) is 20.0. The zero-order valence-corrected chi connectivity index (χ0v) is 16.8. The van der Waals surface area contributed by atoms with Crippen LogP contribution < -0.4 is 0 Å². The second-order valence-electron chi connectivity index (χ2n) is 7.90. The highest BCUT2D eigenvalue weighted by molar-refractivity contribution is 7.90. The molecule has 2 aliphatic rings. The summed E-state index contributed by atoms with van der Waals surface area (Å²) in [5.74, 6) is -0.675. The lowest BCUT2D eigenvalue weighted by atomic mass is 9.73. The van der Waals surface area contributed by atoms with E-state index in [0.29, 0.717) is 24.8 Å². The molecular weight excluding hydrogens is 396 g/mol. The van der Waals surface area contributed by atoms with E-state index in [2.05, 4.69) is 6.07 Å². The molecule has 0 saturated carbocycles. The van der Waals surface area contributed by atoms with Crippen LogP contribution in [0.4, 0.5) is 8.78 Å².